The quantitative estimate of drug-likeness (QED) is 0.198. The van der Waals surface area contributed by atoms with Gasteiger partial charge in [-0.3, -0.25) is 15.0 Å². The Labute approximate surface area is 139 Å². The first-order valence-electron chi connectivity index (χ1n) is 7.33. The van der Waals surface area contributed by atoms with Gasteiger partial charge in [0, 0.05) is 12.1 Å². The maximum Gasteiger partial charge on any atom is 0.326 e. The molecule has 9 nitrogen and oxygen atoms in total. The van der Waals surface area contributed by atoms with Gasteiger partial charge in [0.25, 0.3) is 5.91 Å². The molecule has 0 bridgehead atoms. The first kappa shape index (κ1) is 18.9. The van der Waals surface area contributed by atoms with Crippen LogP contribution in [0, 0.1) is 5.41 Å². The highest BCUT2D eigenvalue weighted by atomic mass is 16.4. The molecule has 0 saturated carbocycles. The minimum atomic E-state index is -1.17. The Morgan fingerprint density at radius 2 is 1.83 bits per heavy atom. The molecule has 0 aliphatic rings. The molecule has 0 aliphatic carbocycles. The van der Waals surface area contributed by atoms with Crippen molar-refractivity contribution in [2.75, 3.05) is 13.1 Å². The summed E-state index contributed by atoms with van der Waals surface area (Å²) in [5.74, 6) is -2.37. The van der Waals surface area contributed by atoms with Crippen molar-refractivity contribution in [1.29, 1.82) is 5.41 Å². The second-order valence-corrected chi connectivity index (χ2v) is 4.99. The van der Waals surface area contributed by atoms with Gasteiger partial charge < -0.3 is 26.8 Å². The lowest BCUT2D eigenvalue weighted by Gasteiger charge is -2.15. The Hall–Kier alpha value is -3.10. The maximum atomic E-state index is 11.8. The van der Waals surface area contributed by atoms with E-state index in [1.165, 1.54) is 0 Å². The van der Waals surface area contributed by atoms with Gasteiger partial charge in [0.15, 0.2) is 5.96 Å². The molecule has 1 atom stereocenters. The van der Waals surface area contributed by atoms with Gasteiger partial charge in [0.1, 0.15) is 6.04 Å². The van der Waals surface area contributed by atoms with Crippen LogP contribution in [0.4, 0.5) is 0 Å². The van der Waals surface area contributed by atoms with Crippen molar-refractivity contribution in [1.82, 2.24) is 16.0 Å². The van der Waals surface area contributed by atoms with Crippen molar-refractivity contribution in [3.63, 3.8) is 0 Å². The number of carbonyl (C=O) groups is 3. The molecule has 0 aromatic heterocycles. The number of nitrogens with one attached hydrogen (secondary N) is 4. The summed E-state index contributed by atoms with van der Waals surface area (Å²) in [5.41, 5.74) is 5.52. The van der Waals surface area contributed by atoms with Crippen LogP contribution in [0.15, 0.2) is 30.3 Å². The van der Waals surface area contributed by atoms with E-state index in [4.69, 9.17) is 16.2 Å². The largest absolute Gasteiger partial charge is 0.480 e. The zero-order chi connectivity index (χ0) is 17.9. The zero-order valence-corrected chi connectivity index (χ0v) is 13.0. The summed E-state index contributed by atoms with van der Waals surface area (Å²) < 4.78 is 0. The third kappa shape index (κ3) is 7.25. The number of rotatable bonds is 9. The molecule has 9 heteroatoms. The van der Waals surface area contributed by atoms with Gasteiger partial charge in [-0.2, -0.15) is 0 Å². The molecular formula is C15H21N5O4. The SMILES string of the molecule is N=C(N)NCCC[C@H](NC(=O)CNC(=O)c1ccccc1)C(=O)O. The van der Waals surface area contributed by atoms with E-state index in [9.17, 15) is 14.4 Å². The van der Waals surface area contributed by atoms with E-state index in [0.29, 0.717) is 18.5 Å². The van der Waals surface area contributed by atoms with Crippen LogP contribution in [0.2, 0.25) is 0 Å². The highest BCUT2D eigenvalue weighted by Crippen LogP contribution is 1.99. The summed E-state index contributed by atoms with van der Waals surface area (Å²) in [7, 11) is 0. The number of nitrogens with two attached hydrogens (primary N) is 1. The van der Waals surface area contributed by atoms with Gasteiger partial charge in [-0.15, -0.1) is 0 Å². The van der Waals surface area contributed by atoms with Gasteiger partial charge in [-0.1, -0.05) is 18.2 Å². The molecule has 2 amide bonds. The number of aliphatic carboxylic acids is 1. The van der Waals surface area contributed by atoms with Crippen molar-refractivity contribution < 1.29 is 19.5 Å². The van der Waals surface area contributed by atoms with Crippen LogP contribution >= 0.6 is 0 Å². The fourth-order valence-electron chi connectivity index (χ4n) is 1.88. The summed E-state index contributed by atoms with van der Waals surface area (Å²) >= 11 is 0. The molecule has 0 spiro atoms. The lowest BCUT2D eigenvalue weighted by Crippen LogP contribution is -2.45. The lowest BCUT2D eigenvalue weighted by molar-refractivity contribution is -0.141. The van der Waals surface area contributed by atoms with Crippen LogP contribution < -0.4 is 21.7 Å². The van der Waals surface area contributed by atoms with Gasteiger partial charge in [0.2, 0.25) is 5.91 Å². The number of guanidine groups is 1. The smallest absolute Gasteiger partial charge is 0.326 e. The molecule has 0 saturated heterocycles. The highest BCUT2D eigenvalue weighted by molar-refractivity contribution is 5.96. The lowest BCUT2D eigenvalue weighted by atomic mass is 10.1. The Morgan fingerprint density at radius 3 is 2.42 bits per heavy atom. The average molecular weight is 335 g/mol. The summed E-state index contributed by atoms with van der Waals surface area (Å²) in [6, 6.07) is 7.31. The van der Waals surface area contributed by atoms with Crippen molar-refractivity contribution >= 4 is 23.7 Å². The number of amides is 2. The molecular weight excluding hydrogens is 314 g/mol. The van der Waals surface area contributed by atoms with E-state index < -0.39 is 23.8 Å². The van der Waals surface area contributed by atoms with Crippen molar-refractivity contribution in [3.8, 4) is 0 Å². The second kappa shape index (κ2) is 9.82. The average Bonchev–Trinajstić information content (AvgIpc) is 2.55. The van der Waals surface area contributed by atoms with E-state index in [1.807, 2.05) is 0 Å². The van der Waals surface area contributed by atoms with Crippen LogP contribution in [-0.4, -0.2) is 48.0 Å². The number of carboxylic acid groups (broad SMARTS) is 1. The fourth-order valence-corrected chi connectivity index (χ4v) is 1.88. The molecule has 130 valence electrons. The Balaban J connectivity index is 2.38. The molecule has 0 radical (unpaired) electrons. The van der Waals surface area contributed by atoms with Crippen LogP contribution in [0.3, 0.4) is 0 Å². The van der Waals surface area contributed by atoms with E-state index in [2.05, 4.69) is 16.0 Å². The standard InChI is InChI=1S/C15H21N5O4/c16-15(17)18-8-4-7-11(14(23)24)20-12(21)9-19-13(22)10-5-2-1-3-6-10/h1-3,5-6,11H,4,7-9H2,(H,19,22)(H,20,21)(H,23,24)(H4,16,17,18)/t11-/m0/s1. The second-order valence-electron chi connectivity index (χ2n) is 4.99. The first-order valence-corrected chi connectivity index (χ1v) is 7.33. The molecule has 0 fully saturated rings. The first-order chi connectivity index (χ1) is 11.4. The van der Waals surface area contributed by atoms with E-state index in [1.54, 1.807) is 30.3 Å². The summed E-state index contributed by atoms with van der Waals surface area (Å²) in [5, 5.41) is 23.4. The Morgan fingerprint density at radius 1 is 1.17 bits per heavy atom. The predicted octanol–water partition coefficient (Wildman–Crippen LogP) is -0.751. The highest BCUT2D eigenvalue weighted by Gasteiger charge is 2.19. The minimum absolute atomic E-state index is 0.175. The summed E-state index contributed by atoms with van der Waals surface area (Å²) in [6.07, 6.45) is 0.585. The molecule has 7 N–H and O–H groups in total. The van der Waals surface area contributed by atoms with Gasteiger partial charge in [0.05, 0.1) is 6.54 Å². The molecule has 1 rings (SSSR count). The number of carbonyl (C=O) groups excluding carboxylic acids is 2. The van der Waals surface area contributed by atoms with Gasteiger partial charge >= 0.3 is 5.97 Å². The number of hydrogen-bond donors (Lipinski definition) is 6. The van der Waals surface area contributed by atoms with Crippen molar-refractivity contribution in [2.45, 2.75) is 18.9 Å². The predicted molar refractivity (Wildman–Crippen MR) is 87.5 cm³/mol. The normalized spacial score (nSPS) is 11.2. The molecule has 1 aromatic rings. The van der Waals surface area contributed by atoms with Crippen LogP contribution in [0.5, 0.6) is 0 Å². The van der Waals surface area contributed by atoms with Gasteiger partial charge in [-0.25, -0.2) is 4.79 Å². The van der Waals surface area contributed by atoms with Gasteiger partial charge in [-0.05, 0) is 25.0 Å². The van der Waals surface area contributed by atoms with Crippen LogP contribution in [-0.2, 0) is 9.59 Å². The number of carboxylic acids is 1. The number of benzene rings is 1. The topological polar surface area (TPSA) is 157 Å². The van der Waals surface area contributed by atoms with Crippen LogP contribution in [0.1, 0.15) is 23.2 Å². The van der Waals surface area contributed by atoms with E-state index in [-0.39, 0.29) is 18.9 Å². The van der Waals surface area contributed by atoms with E-state index in [0.717, 1.165) is 0 Å². The molecule has 0 aliphatic heterocycles. The van der Waals surface area contributed by atoms with Crippen LogP contribution in [0.25, 0.3) is 0 Å². The fraction of sp³-hybridized carbons (Fsp3) is 0.333. The number of hydrogen-bond acceptors (Lipinski definition) is 4. The maximum absolute atomic E-state index is 11.8. The monoisotopic (exact) mass is 335 g/mol. The Bertz CT molecular complexity index is 591. The third-order valence-electron chi connectivity index (χ3n) is 3.06. The van der Waals surface area contributed by atoms with Crippen molar-refractivity contribution in [2.24, 2.45) is 5.73 Å². The zero-order valence-electron chi connectivity index (χ0n) is 13.0. The van der Waals surface area contributed by atoms with E-state index >= 15 is 0 Å². The Kier molecular flexibility index (Phi) is 7.76. The van der Waals surface area contributed by atoms with Crippen molar-refractivity contribution in [3.05, 3.63) is 35.9 Å². The molecule has 0 heterocycles. The molecule has 1 aromatic carbocycles. The molecule has 0 unspecified atom stereocenters. The summed E-state index contributed by atoms with van der Waals surface area (Å²) in [4.78, 5) is 34.7. The molecule has 24 heavy (non-hydrogen) atoms. The minimum Gasteiger partial charge on any atom is -0.480 e. The third-order valence-corrected chi connectivity index (χ3v) is 3.06. The summed E-state index contributed by atoms with van der Waals surface area (Å²) in [6.45, 7) is 0.0168.